The molecule has 110 valence electrons. The van der Waals surface area contributed by atoms with Gasteiger partial charge in [0.25, 0.3) is 0 Å². The number of carbonyl (C=O) groups excluding carboxylic acids is 1. The Kier molecular flexibility index (Phi) is 5.05. The highest BCUT2D eigenvalue weighted by Gasteiger charge is 2.15. The third kappa shape index (κ3) is 4.68. The number of sulfone groups is 1. The van der Waals surface area contributed by atoms with Gasteiger partial charge in [-0.15, -0.1) is 0 Å². The van der Waals surface area contributed by atoms with Gasteiger partial charge in [-0.2, -0.15) is 0 Å². The highest BCUT2D eigenvalue weighted by Crippen LogP contribution is 2.11. The molecular formula is C15H16N2O3S. The molecule has 0 atom stereocenters. The van der Waals surface area contributed by atoms with Crippen molar-refractivity contribution in [2.75, 3.05) is 5.75 Å². The second-order valence-corrected chi connectivity index (χ2v) is 6.63. The van der Waals surface area contributed by atoms with E-state index in [4.69, 9.17) is 0 Å². The minimum atomic E-state index is -3.41. The highest BCUT2D eigenvalue weighted by molar-refractivity contribution is 7.91. The minimum absolute atomic E-state index is 0.0580. The third-order valence-electron chi connectivity index (χ3n) is 2.91. The molecule has 2 rings (SSSR count). The zero-order chi connectivity index (χ0) is 15.1. The Bertz CT molecular complexity index is 685. The molecule has 5 nitrogen and oxygen atoms in total. The van der Waals surface area contributed by atoms with Gasteiger partial charge in [-0.05, 0) is 23.8 Å². The number of carbonyl (C=O) groups is 1. The number of amides is 1. The fraction of sp³-hybridized carbons (Fsp3) is 0.200. The van der Waals surface area contributed by atoms with E-state index in [1.165, 1.54) is 12.1 Å². The van der Waals surface area contributed by atoms with Gasteiger partial charge in [-0.3, -0.25) is 9.78 Å². The Balaban J connectivity index is 1.84. The van der Waals surface area contributed by atoms with Crippen LogP contribution in [0.1, 0.15) is 12.0 Å². The molecule has 21 heavy (non-hydrogen) atoms. The van der Waals surface area contributed by atoms with Gasteiger partial charge in [0.15, 0.2) is 9.84 Å². The molecule has 0 radical (unpaired) electrons. The van der Waals surface area contributed by atoms with Gasteiger partial charge in [-0.1, -0.05) is 24.3 Å². The molecule has 0 fully saturated rings. The number of hydrogen-bond donors (Lipinski definition) is 1. The lowest BCUT2D eigenvalue weighted by molar-refractivity contribution is -0.120. The Morgan fingerprint density at radius 3 is 2.52 bits per heavy atom. The van der Waals surface area contributed by atoms with Crippen molar-refractivity contribution in [2.24, 2.45) is 0 Å². The van der Waals surface area contributed by atoms with E-state index in [-0.39, 0.29) is 23.0 Å². The van der Waals surface area contributed by atoms with Crippen molar-refractivity contribution in [3.63, 3.8) is 0 Å². The number of pyridine rings is 1. The molecule has 6 heteroatoms. The zero-order valence-corrected chi connectivity index (χ0v) is 12.2. The molecule has 0 saturated heterocycles. The van der Waals surface area contributed by atoms with E-state index in [2.05, 4.69) is 10.3 Å². The third-order valence-corrected chi connectivity index (χ3v) is 4.64. The van der Waals surface area contributed by atoms with E-state index in [1.807, 2.05) is 6.07 Å². The van der Waals surface area contributed by atoms with Crippen LogP contribution in [0.15, 0.2) is 59.8 Å². The summed E-state index contributed by atoms with van der Waals surface area (Å²) in [6.07, 6.45) is 3.25. The fourth-order valence-electron chi connectivity index (χ4n) is 1.76. The first-order valence-corrected chi connectivity index (χ1v) is 8.16. The van der Waals surface area contributed by atoms with Crippen molar-refractivity contribution in [1.29, 1.82) is 0 Å². The summed E-state index contributed by atoms with van der Waals surface area (Å²) in [4.78, 5) is 15.9. The molecular weight excluding hydrogens is 288 g/mol. The Hall–Kier alpha value is -2.21. The van der Waals surface area contributed by atoms with Gasteiger partial charge in [-0.25, -0.2) is 8.42 Å². The van der Waals surface area contributed by atoms with Gasteiger partial charge < -0.3 is 5.32 Å². The predicted octanol–water partition coefficient (Wildman–Crippen LogP) is 1.56. The molecule has 0 bridgehead atoms. The van der Waals surface area contributed by atoms with Crippen molar-refractivity contribution in [3.05, 3.63) is 60.4 Å². The molecule has 0 aliphatic rings. The maximum absolute atomic E-state index is 12.0. The second-order valence-electron chi connectivity index (χ2n) is 4.52. The van der Waals surface area contributed by atoms with Crippen LogP contribution in [-0.4, -0.2) is 25.1 Å². The highest BCUT2D eigenvalue weighted by atomic mass is 32.2. The monoisotopic (exact) mass is 304 g/mol. The number of benzene rings is 1. The van der Waals surface area contributed by atoms with E-state index in [0.29, 0.717) is 6.54 Å². The van der Waals surface area contributed by atoms with Crippen molar-refractivity contribution in [1.82, 2.24) is 10.3 Å². The van der Waals surface area contributed by atoms with E-state index in [0.717, 1.165) is 5.56 Å². The van der Waals surface area contributed by atoms with Crippen molar-refractivity contribution >= 4 is 15.7 Å². The number of nitrogens with one attached hydrogen (secondary N) is 1. The van der Waals surface area contributed by atoms with Gasteiger partial charge in [0.1, 0.15) is 0 Å². The number of hydrogen-bond acceptors (Lipinski definition) is 4. The topological polar surface area (TPSA) is 76.1 Å². The lowest BCUT2D eigenvalue weighted by atomic mass is 10.3. The average Bonchev–Trinajstić information content (AvgIpc) is 2.53. The van der Waals surface area contributed by atoms with E-state index in [1.54, 1.807) is 36.7 Å². The summed E-state index contributed by atoms with van der Waals surface area (Å²) in [5, 5.41) is 2.68. The number of rotatable bonds is 6. The van der Waals surface area contributed by atoms with Crippen LogP contribution in [-0.2, 0) is 21.2 Å². The largest absolute Gasteiger partial charge is 0.352 e. The summed E-state index contributed by atoms with van der Waals surface area (Å²) in [6, 6.07) is 11.8. The average molecular weight is 304 g/mol. The van der Waals surface area contributed by atoms with Gasteiger partial charge >= 0.3 is 0 Å². The first kappa shape index (κ1) is 15.2. The first-order valence-electron chi connectivity index (χ1n) is 6.51. The molecule has 0 aliphatic carbocycles. The maximum atomic E-state index is 12.0. The van der Waals surface area contributed by atoms with Crippen LogP contribution in [0.25, 0.3) is 0 Å². The summed E-state index contributed by atoms with van der Waals surface area (Å²) in [5.74, 6) is -0.492. The molecule has 1 aromatic carbocycles. The van der Waals surface area contributed by atoms with Crippen LogP contribution in [0.5, 0.6) is 0 Å². The minimum Gasteiger partial charge on any atom is -0.352 e. The van der Waals surface area contributed by atoms with Crippen LogP contribution < -0.4 is 5.32 Å². The van der Waals surface area contributed by atoms with Crippen molar-refractivity contribution in [2.45, 2.75) is 17.9 Å². The summed E-state index contributed by atoms with van der Waals surface area (Å²) < 4.78 is 24.0. The first-order chi connectivity index (χ1) is 10.1. The molecule has 1 N–H and O–H groups in total. The molecule has 1 aromatic heterocycles. The van der Waals surface area contributed by atoms with Gasteiger partial charge in [0.2, 0.25) is 5.91 Å². The molecule has 0 unspecified atom stereocenters. The standard InChI is InChI=1S/C15H16N2O3S/c18-15(17-12-13-5-4-9-16-11-13)8-10-21(19,20)14-6-2-1-3-7-14/h1-7,9,11H,8,10,12H2,(H,17,18). The number of aromatic nitrogens is 1. The predicted molar refractivity (Wildman–Crippen MR) is 79.2 cm³/mol. The molecule has 0 spiro atoms. The quantitative estimate of drug-likeness (QED) is 0.878. The molecule has 1 amide bonds. The Labute approximate surface area is 124 Å². The lowest BCUT2D eigenvalue weighted by Crippen LogP contribution is -2.25. The molecule has 1 heterocycles. The van der Waals surface area contributed by atoms with Crippen LogP contribution in [0.2, 0.25) is 0 Å². The van der Waals surface area contributed by atoms with Crippen LogP contribution in [0.4, 0.5) is 0 Å². The lowest BCUT2D eigenvalue weighted by Gasteiger charge is -2.06. The maximum Gasteiger partial charge on any atom is 0.221 e. The molecule has 0 saturated carbocycles. The fourth-order valence-corrected chi connectivity index (χ4v) is 3.03. The summed E-state index contributed by atoms with van der Waals surface area (Å²) in [7, 11) is -3.41. The Morgan fingerprint density at radius 1 is 1.10 bits per heavy atom. The van der Waals surface area contributed by atoms with E-state index >= 15 is 0 Å². The zero-order valence-electron chi connectivity index (χ0n) is 11.4. The van der Waals surface area contributed by atoms with Crippen molar-refractivity contribution in [3.8, 4) is 0 Å². The van der Waals surface area contributed by atoms with Gasteiger partial charge in [0, 0.05) is 25.4 Å². The normalized spacial score (nSPS) is 11.0. The smallest absolute Gasteiger partial charge is 0.221 e. The molecule has 0 aliphatic heterocycles. The van der Waals surface area contributed by atoms with Gasteiger partial charge in [0.05, 0.1) is 10.6 Å². The van der Waals surface area contributed by atoms with Crippen molar-refractivity contribution < 1.29 is 13.2 Å². The SMILES string of the molecule is O=C(CCS(=O)(=O)c1ccccc1)NCc1cccnc1. The summed E-state index contributed by atoms with van der Waals surface area (Å²) in [5.41, 5.74) is 0.872. The van der Waals surface area contributed by atoms with Crippen LogP contribution in [0, 0.1) is 0 Å². The second kappa shape index (κ2) is 6.99. The summed E-state index contributed by atoms with van der Waals surface area (Å²) in [6.45, 7) is 0.345. The summed E-state index contributed by atoms with van der Waals surface area (Å²) >= 11 is 0. The Morgan fingerprint density at radius 2 is 1.86 bits per heavy atom. The molecule has 2 aromatic rings. The van der Waals surface area contributed by atoms with Crippen LogP contribution in [0.3, 0.4) is 0 Å². The number of nitrogens with zero attached hydrogens (tertiary/aromatic N) is 1. The van der Waals surface area contributed by atoms with E-state index < -0.39 is 9.84 Å². The van der Waals surface area contributed by atoms with E-state index in [9.17, 15) is 13.2 Å². The van der Waals surface area contributed by atoms with Crippen LogP contribution >= 0.6 is 0 Å².